The zero-order valence-electron chi connectivity index (χ0n) is 27.5. The molecule has 2 aromatic heterocycles. The lowest BCUT2D eigenvalue weighted by molar-refractivity contribution is 0.680. The van der Waals surface area contributed by atoms with E-state index in [4.69, 9.17) is 54.4 Å². The number of isothiocyanates is 2. The first kappa shape index (κ1) is 34.4. The van der Waals surface area contributed by atoms with Gasteiger partial charge in [0.15, 0.2) is 0 Å². The third-order valence-electron chi connectivity index (χ3n) is 7.98. The Bertz CT molecular complexity index is 1840. The third kappa shape index (κ3) is 9.53. The van der Waals surface area contributed by atoms with Crippen LogP contribution in [-0.4, -0.2) is 68.3 Å². The van der Waals surface area contributed by atoms with Crippen LogP contribution in [0.2, 0.25) is 0 Å². The Balaban J connectivity index is 1.53. The summed E-state index contributed by atoms with van der Waals surface area (Å²) in [6, 6.07) is 27.6. The SMILES string of the molecule is CC1=NC[C@H](Cc2ccc(N=C=S)cc2)N=C(C)c2cccc(n2)C(C)=NC[C@H](Cc2ccc(N=C=S)cc2)N=C(C)c2cccc1n2. The molecular weight excluding hydrogens is 633 g/mol. The Morgan fingerprint density at radius 2 is 0.896 bits per heavy atom. The molecule has 0 aliphatic carbocycles. The average molecular weight is 669 g/mol. The second-order valence-corrected chi connectivity index (χ2v) is 11.9. The molecule has 1 aliphatic heterocycles. The normalized spacial score (nSPS) is 16.8. The summed E-state index contributed by atoms with van der Waals surface area (Å²) in [5, 5.41) is 4.84. The predicted octanol–water partition coefficient (Wildman–Crippen LogP) is 8.12. The molecule has 240 valence electrons. The number of aliphatic imine (C=N–C) groups is 6. The van der Waals surface area contributed by atoms with E-state index in [0.29, 0.717) is 25.9 Å². The molecule has 8 nitrogen and oxygen atoms in total. The molecule has 1 aliphatic rings. The number of fused-ring (bicyclic) bond motifs is 4. The highest BCUT2D eigenvalue weighted by Gasteiger charge is 2.15. The van der Waals surface area contributed by atoms with Gasteiger partial charge < -0.3 is 0 Å². The first-order chi connectivity index (χ1) is 23.3. The van der Waals surface area contributed by atoms with Crippen LogP contribution in [0.3, 0.4) is 0 Å². The van der Waals surface area contributed by atoms with Crippen molar-refractivity contribution in [3.63, 3.8) is 0 Å². The number of aromatic nitrogens is 2. The second kappa shape index (κ2) is 16.7. The summed E-state index contributed by atoms with van der Waals surface area (Å²) in [5.41, 5.74) is 10.4. The van der Waals surface area contributed by atoms with Gasteiger partial charge in [0, 0.05) is 0 Å². The molecule has 2 aromatic carbocycles. The van der Waals surface area contributed by atoms with Gasteiger partial charge in [-0.1, -0.05) is 36.4 Å². The molecule has 0 saturated carbocycles. The zero-order chi connectivity index (χ0) is 33.9. The van der Waals surface area contributed by atoms with Crippen LogP contribution < -0.4 is 0 Å². The minimum Gasteiger partial charge on any atom is -0.286 e. The van der Waals surface area contributed by atoms with Crippen molar-refractivity contribution in [1.82, 2.24) is 9.97 Å². The molecule has 3 heterocycles. The van der Waals surface area contributed by atoms with Crippen LogP contribution in [0.1, 0.15) is 61.6 Å². The Hall–Kier alpha value is -4.98. The summed E-state index contributed by atoms with van der Waals surface area (Å²) in [7, 11) is 0. The first-order valence-electron chi connectivity index (χ1n) is 15.7. The van der Waals surface area contributed by atoms with Gasteiger partial charge in [0.05, 0.1) is 92.5 Å². The molecule has 0 N–H and O–H groups in total. The molecule has 5 rings (SSSR count). The van der Waals surface area contributed by atoms with E-state index in [1.807, 2.05) is 113 Å². The van der Waals surface area contributed by atoms with Crippen molar-refractivity contribution >= 4 is 69.0 Å². The van der Waals surface area contributed by atoms with E-state index in [0.717, 1.165) is 68.1 Å². The maximum absolute atomic E-state index is 5.15. The Kier molecular flexibility index (Phi) is 12.0. The van der Waals surface area contributed by atoms with E-state index in [2.05, 4.69) is 20.3 Å². The highest BCUT2D eigenvalue weighted by atomic mass is 32.1. The monoisotopic (exact) mass is 668 g/mol. The summed E-state index contributed by atoms with van der Waals surface area (Å²) in [6.07, 6.45) is 1.39. The van der Waals surface area contributed by atoms with Crippen molar-refractivity contribution in [3.05, 3.63) is 119 Å². The van der Waals surface area contributed by atoms with E-state index < -0.39 is 0 Å². The number of hydrogen-bond donors (Lipinski definition) is 0. The van der Waals surface area contributed by atoms with Crippen molar-refractivity contribution in [1.29, 1.82) is 0 Å². The number of benzene rings is 2. The Morgan fingerprint density at radius 3 is 1.25 bits per heavy atom. The van der Waals surface area contributed by atoms with Gasteiger partial charge in [-0.3, -0.25) is 20.0 Å². The van der Waals surface area contributed by atoms with Crippen LogP contribution in [0.15, 0.2) is 115 Å². The molecule has 2 atom stereocenters. The molecule has 4 aromatic rings. The van der Waals surface area contributed by atoms with Crippen molar-refractivity contribution in [2.24, 2.45) is 30.0 Å². The fourth-order valence-corrected chi connectivity index (χ4v) is 5.58. The summed E-state index contributed by atoms with van der Waals surface area (Å²) in [6.45, 7) is 8.95. The minimum atomic E-state index is -0.124. The fraction of sp³-hybridized carbons (Fsp3) is 0.263. The lowest BCUT2D eigenvalue weighted by Gasteiger charge is -2.15. The van der Waals surface area contributed by atoms with E-state index >= 15 is 0 Å². The van der Waals surface area contributed by atoms with Gasteiger partial charge in [0.1, 0.15) is 0 Å². The van der Waals surface area contributed by atoms with Crippen LogP contribution in [0.5, 0.6) is 0 Å². The van der Waals surface area contributed by atoms with Gasteiger partial charge in [-0.2, -0.15) is 9.98 Å². The molecule has 4 bridgehead atoms. The molecular formula is C38H36N8S2. The molecule has 0 fully saturated rings. The van der Waals surface area contributed by atoms with Crippen LogP contribution in [0, 0.1) is 0 Å². The van der Waals surface area contributed by atoms with Crippen LogP contribution in [-0.2, 0) is 12.8 Å². The number of nitrogens with zero attached hydrogens (tertiary/aromatic N) is 8. The van der Waals surface area contributed by atoms with Crippen molar-refractivity contribution < 1.29 is 0 Å². The number of hydrogen-bond acceptors (Lipinski definition) is 10. The van der Waals surface area contributed by atoms with E-state index in [1.54, 1.807) is 0 Å². The van der Waals surface area contributed by atoms with Gasteiger partial charge in [0.25, 0.3) is 0 Å². The average Bonchev–Trinajstić information content (AvgIpc) is 3.10. The Labute approximate surface area is 292 Å². The second-order valence-electron chi connectivity index (χ2n) is 11.6. The summed E-state index contributed by atoms with van der Waals surface area (Å²) in [5.74, 6) is 0. The zero-order valence-corrected chi connectivity index (χ0v) is 29.1. The standard InChI is InChI=1S/C38H36N8S2/c1-25-35-7-5-9-37(45-35)27(3)44-34(20-30-13-17-32(18-14-30)42-24-48)22-40-26(2)36-8-6-10-38(46-36)28(4)43-33(21-39-25)19-29-11-15-31(16-12-29)41-23-47/h5-18,33-34H,19-22H2,1-4H3/t33-,34-/m0/s1. The van der Waals surface area contributed by atoms with E-state index in [-0.39, 0.29) is 12.1 Å². The quantitative estimate of drug-likeness (QED) is 0.153. The number of pyridine rings is 2. The largest absolute Gasteiger partial charge is 0.286 e. The van der Waals surface area contributed by atoms with Gasteiger partial charge in [0.2, 0.25) is 0 Å². The highest BCUT2D eigenvalue weighted by molar-refractivity contribution is 7.78. The molecule has 0 unspecified atom stereocenters. The molecule has 48 heavy (non-hydrogen) atoms. The number of thiocarbonyl (C=S) groups is 2. The van der Waals surface area contributed by atoms with Gasteiger partial charge in [-0.15, -0.1) is 0 Å². The predicted molar refractivity (Wildman–Crippen MR) is 204 cm³/mol. The van der Waals surface area contributed by atoms with E-state index in [1.165, 1.54) is 0 Å². The van der Waals surface area contributed by atoms with Crippen molar-refractivity contribution in [3.8, 4) is 0 Å². The van der Waals surface area contributed by atoms with Crippen LogP contribution in [0.25, 0.3) is 0 Å². The molecule has 10 heteroatoms. The maximum Gasteiger partial charge on any atom is 0.0845 e. The van der Waals surface area contributed by atoms with Gasteiger partial charge in [-0.05, 0) is 125 Å². The lowest BCUT2D eigenvalue weighted by atomic mass is 10.0. The highest BCUT2D eigenvalue weighted by Crippen LogP contribution is 2.18. The Morgan fingerprint density at radius 1 is 0.542 bits per heavy atom. The molecule has 0 saturated heterocycles. The van der Waals surface area contributed by atoms with Crippen molar-refractivity contribution in [2.45, 2.75) is 52.6 Å². The smallest absolute Gasteiger partial charge is 0.0845 e. The van der Waals surface area contributed by atoms with Gasteiger partial charge >= 0.3 is 0 Å². The summed E-state index contributed by atoms with van der Waals surface area (Å²) in [4.78, 5) is 38.3. The summed E-state index contributed by atoms with van der Waals surface area (Å²) >= 11 is 9.51. The van der Waals surface area contributed by atoms with Crippen molar-refractivity contribution in [2.75, 3.05) is 13.1 Å². The molecule has 0 spiro atoms. The van der Waals surface area contributed by atoms with Crippen LogP contribution in [0.4, 0.5) is 11.4 Å². The molecule has 0 amide bonds. The number of rotatable bonds is 6. The van der Waals surface area contributed by atoms with Crippen LogP contribution >= 0.6 is 24.4 Å². The summed E-state index contributed by atoms with van der Waals surface area (Å²) < 4.78 is 0. The third-order valence-corrected chi connectivity index (χ3v) is 8.16. The molecule has 0 radical (unpaired) electrons. The lowest BCUT2D eigenvalue weighted by Crippen LogP contribution is -2.19. The minimum absolute atomic E-state index is 0.124. The van der Waals surface area contributed by atoms with Gasteiger partial charge in [-0.25, -0.2) is 9.97 Å². The fourth-order valence-electron chi connectivity index (χ4n) is 5.37. The maximum atomic E-state index is 5.15. The first-order valence-corrected chi connectivity index (χ1v) is 16.5. The van der Waals surface area contributed by atoms with E-state index in [9.17, 15) is 0 Å². The topological polar surface area (TPSA) is 99.9 Å².